The highest BCUT2D eigenvalue weighted by atomic mass is 31.1. The summed E-state index contributed by atoms with van der Waals surface area (Å²) in [5, 5.41) is 2.56. The lowest BCUT2D eigenvalue weighted by atomic mass is 9.47. The zero-order chi connectivity index (χ0) is 16.7. The minimum absolute atomic E-state index is 0.202. The van der Waals surface area contributed by atoms with Gasteiger partial charge in [0.2, 0.25) is 0 Å². The van der Waals surface area contributed by atoms with E-state index in [1.54, 1.807) is 0 Å². The van der Waals surface area contributed by atoms with Crippen molar-refractivity contribution in [3.63, 3.8) is 0 Å². The molecule has 1 nitrogen and oxygen atoms in total. The molecule has 2 bridgehead atoms. The summed E-state index contributed by atoms with van der Waals surface area (Å²) in [7, 11) is -0.791. The van der Waals surface area contributed by atoms with Crippen LogP contribution in [0.25, 0.3) is 0 Å². The van der Waals surface area contributed by atoms with Gasteiger partial charge in [-0.1, -0.05) is 81.1 Å². The van der Waals surface area contributed by atoms with Gasteiger partial charge in [-0.15, -0.1) is 0 Å². The first-order valence-electron chi connectivity index (χ1n) is 8.83. The smallest absolute Gasteiger partial charge is 0.0926 e. The lowest BCUT2D eigenvalue weighted by Crippen LogP contribution is -2.53. The molecule has 24 heavy (non-hydrogen) atoms. The average molecular weight is 336 g/mol. The Hall–Kier alpha value is -1.43. The van der Waals surface area contributed by atoms with Crippen molar-refractivity contribution in [1.82, 2.24) is 0 Å². The second kappa shape index (κ2) is 6.14. The van der Waals surface area contributed by atoms with Crippen molar-refractivity contribution in [3.05, 3.63) is 72.8 Å². The van der Waals surface area contributed by atoms with E-state index < -0.39 is 8.15 Å². The fourth-order valence-corrected chi connectivity index (χ4v) is 6.22. The molecule has 3 fully saturated rings. The zero-order valence-corrected chi connectivity index (χ0v) is 15.4. The van der Waals surface area contributed by atoms with Gasteiger partial charge in [-0.2, -0.15) is 0 Å². The van der Waals surface area contributed by atoms with Crippen molar-refractivity contribution in [2.75, 3.05) is 0 Å². The van der Waals surface area contributed by atoms with Crippen molar-refractivity contribution in [2.24, 2.45) is 17.3 Å². The highest BCUT2D eigenvalue weighted by Crippen LogP contribution is 2.62. The van der Waals surface area contributed by atoms with Crippen LogP contribution in [0.5, 0.6) is 0 Å². The maximum absolute atomic E-state index is 6.74. The third kappa shape index (κ3) is 2.65. The van der Waals surface area contributed by atoms with E-state index in [1.807, 2.05) is 0 Å². The normalized spacial score (nSPS) is 27.8. The molecule has 5 rings (SSSR count). The first kappa shape index (κ1) is 16.1. The van der Waals surface area contributed by atoms with Crippen molar-refractivity contribution < 1.29 is 4.52 Å². The van der Waals surface area contributed by atoms with Crippen LogP contribution in [-0.2, 0) is 4.52 Å². The van der Waals surface area contributed by atoms with Crippen LogP contribution in [0.15, 0.2) is 72.8 Å². The van der Waals surface area contributed by atoms with Crippen LogP contribution in [0.3, 0.4) is 0 Å². The van der Waals surface area contributed by atoms with Gasteiger partial charge in [0.15, 0.2) is 0 Å². The number of hydrogen-bond acceptors (Lipinski definition) is 1. The van der Waals surface area contributed by atoms with E-state index in [0.29, 0.717) is 11.3 Å². The Kier molecular flexibility index (Phi) is 4.11. The highest BCUT2D eigenvalue weighted by molar-refractivity contribution is 7.68. The third-order valence-corrected chi connectivity index (χ3v) is 8.04. The van der Waals surface area contributed by atoms with Crippen LogP contribution in [0.4, 0.5) is 0 Å². The average Bonchev–Trinajstić information content (AvgIpc) is 2.61. The van der Waals surface area contributed by atoms with E-state index in [9.17, 15) is 0 Å². The van der Waals surface area contributed by atoms with Gasteiger partial charge >= 0.3 is 0 Å². The van der Waals surface area contributed by atoms with Gasteiger partial charge in [-0.25, -0.2) is 0 Å². The molecular formula is C22H25OP. The van der Waals surface area contributed by atoms with Crippen LogP contribution < -0.4 is 10.6 Å². The number of hydrogen-bond donors (Lipinski definition) is 0. The van der Waals surface area contributed by atoms with Crippen molar-refractivity contribution in [2.45, 2.75) is 32.8 Å². The summed E-state index contributed by atoms with van der Waals surface area (Å²) < 4.78 is 6.74. The molecule has 2 aromatic carbocycles. The predicted octanol–water partition coefficient (Wildman–Crippen LogP) is 5.04. The van der Waals surface area contributed by atoms with Gasteiger partial charge in [-0.05, 0) is 35.7 Å². The van der Waals surface area contributed by atoms with Crippen LogP contribution in [-0.4, -0.2) is 6.10 Å². The Bertz CT molecular complexity index is 683. The Balaban J connectivity index is 1.61. The molecule has 0 amide bonds. The summed E-state index contributed by atoms with van der Waals surface area (Å²) in [4.78, 5) is 0. The van der Waals surface area contributed by atoms with Crippen molar-refractivity contribution in [3.8, 4) is 0 Å². The molecule has 3 saturated carbocycles. The summed E-state index contributed by atoms with van der Waals surface area (Å²) in [5.41, 5.74) is 1.74. The molecule has 0 radical (unpaired) electrons. The van der Waals surface area contributed by atoms with Crippen LogP contribution in [0.1, 0.15) is 26.7 Å². The first-order chi connectivity index (χ1) is 11.6. The SMILES string of the molecule is C=C1C(OP(c2ccccc2)c2ccccc2)CC2CC1C2(C)C. The van der Waals surface area contributed by atoms with E-state index in [4.69, 9.17) is 4.52 Å². The summed E-state index contributed by atoms with van der Waals surface area (Å²) in [6.07, 6.45) is 2.63. The van der Waals surface area contributed by atoms with Gasteiger partial charge in [-0.3, -0.25) is 0 Å². The van der Waals surface area contributed by atoms with Crippen molar-refractivity contribution >= 4 is 18.8 Å². The fourth-order valence-electron chi connectivity index (χ4n) is 4.31. The Morgan fingerprint density at radius 2 is 1.46 bits per heavy atom. The first-order valence-corrected chi connectivity index (χ1v) is 10.1. The second-order valence-corrected chi connectivity index (χ2v) is 9.51. The van der Waals surface area contributed by atoms with Gasteiger partial charge in [0.05, 0.1) is 14.3 Å². The maximum Gasteiger partial charge on any atom is 0.0926 e. The van der Waals surface area contributed by atoms with Crippen LogP contribution >= 0.6 is 8.15 Å². The molecule has 3 aliphatic carbocycles. The molecule has 124 valence electrons. The zero-order valence-electron chi connectivity index (χ0n) is 14.5. The standard InChI is InChI=1S/C22H25OP/c1-16-20-14-17(22(20,2)3)15-21(16)23-24(18-10-6-4-7-11-18)19-12-8-5-9-13-19/h4-13,17,20-21H,1,14-15H2,2-3H3. The molecule has 3 unspecified atom stereocenters. The van der Waals surface area contributed by atoms with E-state index >= 15 is 0 Å². The monoisotopic (exact) mass is 336 g/mol. The number of rotatable bonds is 4. The largest absolute Gasteiger partial charge is 0.342 e. The summed E-state index contributed by atoms with van der Waals surface area (Å²) >= 11 is 0. The Morgan fingerprint density at radius 1 is 0.917 bits per heavy atom. The Morgan fingerprint density at radius 3 is 1.92 bits per heavy atom. The molecule has 0 saturated heterocycles. The molecule has 0 spiro atoms. The van der Waals surface area contributed by atoms with E-state index in [0.717, 1.165) is 12.3 Å². The van der Waals surface area contributed by atoms with E-state index in [-0.39, 0.29) is 6.10 Å². The Labute approximate surface area is 146 Å². The predicted molar refractivity (Wildman–Crippen MR) is 103 cm³/mol. The summed E-state index contributed by atoms with van der Waals surface area (Å²) in [6, 6.07) is 21.3. The molecule has 2 heteroatoms. The molecule has 0 aliphatic heterocycles. The molecule has 3 aliphatic rings. The maximum atomic E-state index is 6.74. The molecule has 0 aromatic heterocycles. The van der Waals surface area contributed by atoms with Gasteiger partial charge < -0.3 is 4.52 Å². The van der Waals surface area contributed by atoms with Gasteiger partial charge in [0, 0.05) is 10.6 Å². The van der Waals surface area contributed by atoms with E-state index in [1.165, 1.54) is 22.6 Å². The minimum Gasteiger partial charge on any atom is -0.342 e. The summed E-state index contributed by atoms with van der Waals surface area (Å²) in [5.74, 6) is 1.41. The highest BCUT2D eigenvalue weighted by Gasteiger charge is 2.55. The van der Waals surface area contributed by atoms with Gasteiger partial charge in [0.25, 0.3) is 0 Å². The molecule has 0 N–H and O–H groups in total. The minimum atomic E-state index is -0.791. The van der Waals surface area contributed by atoms with Crippen LogP contribution in [0.2, 0.25) is 0 Å². The molecule has 0 heterocycles. The van der Waals surface area contributed by atoms with Crippen LogP contribution in [0, 0.1) is 17.3 Å². The quantitative estimate of drug-likeness (QED) is 0.561. The lowest BCUT2D eigenvalue weighted by molar-refractivity contribution is -0.0620. The summed E-state index contributed by atoms with van der Waals surface area (Å²) in [6.45, 7) is 9.22. The van der Waals surface area contributed by atoms with Gasteiger partial charge in [0.1, 0.15) is 0 Å². The molecule has 3 atom stereocenters. The topological polar surface area (TPSA) is 9.23 Å². The van der Waals surface area contributed by atoms with E-state index in [2.05, 4.69) is 81.1 Å². The number of fused-ring (bicyclic) bond motifs is 2. The third-order valence-electron chi connectivity index (χ3n) is 6.04. The lowest BCUT2D eigenvalue weighted by Gasteiger charge is -2.59. The molecule has 2 aromatic rings. The van der Waals surface area contributed by atoms with Crippen molar-refractivity contribution in [1.29, 1.82) is 0 Å². The number of benzene rings is 2. The second-order valence-electron chi connectivity index (χ2n) is 7.68. The molecular weight excluding hydrogens is 311 g/mol. The fraction of sp³-hybridized carbons (Fsp3) is 0.364.